The fourth-order valence-electron chi connectivity index (χ4n) is 3.39. The average molecular weight is 398 g/mol. The maximum atomic E-state index is 12.3. The molecule has 0 unspecified atom stereocenters. The molecule has 0 saturated heterocycles. The molecule has 2 aromatic heterocycles. The third-order valence-electron chi connectivity index (χ3n) is 4.85. The van der Waals surface area contributed by atoms with Gasteiger partial charge in [-0.2, -0.15) is 0 Å². The second-order valence-electron chi connectivity index (χ2n) is 6.70. The van der Waals surface area contributed by atoms with Gasteiger partial charge in [-0.1, -0.05) is 30.3 Å². The molecule has 0 radical (unpaired) electrons. The summed E-state index contributed by atoms with van der Waals surface area (Å²) in [6.45, 7) is 0.521. The van der Waals surface area contributed by atoms with Gasteiger partial charge < -0.3 is 14.6 Å². The Morgan fingerprint density at radius 2 is 1.90 bits per heavy atom. The van der Waals surface area contributed by atoms with Gasteiger partial charge in [0.25, 0.3) is 0 Å². The van der Waals surface area contributed by atoms with E-state index in [4.69, 9.17) is 4.74 Å². The molecule has 0 saturated carbocycles. The number of ether oxygens (including phenoxy) is 1. The van der Waals surface area contributed by atoms with Crippen molar-refractivity contribution in [3.63, 3.8) is 0 Å². The van der Waals surface area contributed by atoms with E-state index in [2.05, 4.69) is 15.3 Å². The Morgan fingerprint density at radius 1 is 1.07 bits per heavy atom. The van der Waals surface area contributed by atoms with Gasteiger partial charge in [-0.25, -0.2) is 9.97 Å². The maximum absolute atomic E-state index is 12.3. The first kappa shape index (κ1) is 19.4. The van der Waals surface area contributed by atoms with Gasteiger partial charge in [0, 0.05) is 48.4 Å². The zero-order valence-corrected chi connectivity index (χ0v) is 16.7. The van der Waals surface area contributed by atoms with Gasteiger partial charge in [-0.3, -0.25) is 4.79 Å². The smallest absolute Gasteiger partial charge is 0.245 e. The summed E-state index contributed by atoms with van der Waals surface area (Å²) < 4.78 is 7.28. The number of aromatic nitrogens is 3. The Kier molecular flexibility index (Phi) is 5.85. The van der Waals surface area contributed by atoms with E-state index in [0.29, 0.717) is 18.8 Å². The quantitative estimate of drug-likeness (QED) is 0.479. The summed E-state index contributed by atoms with van der Waals surface area (Å²) in [5.74, 6) is 1.35. The van der Waals surface area contributed by atoms with Crippen LogP contribution in [0.15, 0.2) is 79.3 Å². The van der Waals surface area contributed by atoms with Crippen LogP contribution < -0.4 is 10.1 Å². The normalized spacial score (nSPS) is 11.1. The van der Waals surface area contributed by atoms with E-state index in [1.54, 1.807) is 31.8 Å². The Morgan fingerprint density at radius 3 is 2.73 bits per heavy atom. The zero-order valence-electron chi connectivity index (χ0n) is 16.7. The molecule has 0 bridgehead atoms. The number of hydrogen-bond acceptors (Lipinski definition) is 4. The van der Waals surface area contributed by atoms with E-state index in [9.17, 15) is 4.79 Å². The summed E-state index contributed by atoms with van der Waals surface area (Å²) in [7, 11) is 1.65. The van der Waals surface area contributed by atoms with E-state index in [-0.39, 0.29) is 5.91 Å². The Hall–Kier alpha value is -3.93. The van der Waals surface area contributed by atoms with Crippen molar-refractivity contribution in [2.24, 2.45) is 0 Å². The lowest BCUT2D eigenvalue weighted by Gasteiger charge is -2.08. The third-order valence-corrected chi connectivity index (χ3v) is 4.85. The van der Waals surface area contributed by atoms with Crippen molar-refractivity contribution >= 4 is 23.0 Å². The molecule has 1 N–H and O–H groups in total. The summed E-state index contributed by atoms with van der Waals surface area (Å²) >= 11 is 0. The summed E-state index contributed by atoms with van der Waals surface area (Å²) in [6.07, 6.45) is 9.34. The molecular weight excluding hydrogens is 376 g/mol. The molecular formula is C24H22N4O2. The topological polar surface area (TPSA) is 69.0 Å². The van der Waals surface area contributed by atoms with Crippen LogP contribution in [0.2, 0.25) is 0 Å². The van der Waals surface area contributed by atoms with E-state index < -0.39 is 0 Å². The van der Waals surface area contributed by atoms with Crippen LogP contribution in [0.25, 0.3) is 28.5 Å². The lowest BCUT2D eigenvalue weighted by molar-refractivity contribution is -0.116. The van der Waals surface area contributed by atoms with Crippen LogP contribution >= 0.6 is 0 Å². The summed E-state index contributed by atoms with van der Waals surface area (Å²) in [4.78, 5) is 20.9. The molecule has 6 heteroatoms. The minimum atomic E-state index is -0.145. The SMILES string of the molecule is COc1cccc2c1ccn2/C=C/C(=O)NCCc1ccccc1-c1ncccn1. The molecule has 2 aromatic carbocycles. The van der Waals surface area contributed by atoms with Crippen LogP contribution in [-0.2, 0) is 11.2 Å². The lowest BCUT2D eigenvalue weighted by atomic mass is 10.0. The second-order valence-corrected chi connectivity index (χ2v) is 6.70. The summed E-state index contributed by atoms with van der Waals surface area (Å²) in [6, 6.07) is 17.6. The number of methoxy groups -OCH3 is 1. The van der Waals surface area contributed by atoms with Crippen LogP contribution in [-0.4, -0.2) is 34.1 Å². The summed E-state index contributed by atoms with van der Waals surface area (Å²) in [5.41, 5.74) is 3.06. The average Bonchev–Trinajstić information content (AvgIpc) is 3.22. The van der Waals surface area contributed by atoms with Crippen LogP contribution in [0.4, 0.5) is 0 Å². The van der Waals surface area contributed by atoms with Crippen LogP contribution in [0.5, 0.6) is 5.75 Å². The van der Waals surface area contributed by atoms with Gasteiger partial charge in [-0.15, -0.1) is 0 Å². The highest BCUT2D eigenvalue weighted by Crippen LogP contribution is 2.26. The lowest BCUT2D eigenvalue weighted by Crippen LogP contribution is -2.23. The van der Waals surface area contributed by atoms with Crippen molar-refractivity contribution in [1.29, 1.82) is 0 Å². The van der Waals surface area contributed by atoms with Crippen molar-refractivity contribution in [3.8, 4) is 17.1 Å². The molecule has 4 rings (SSSR count). The fourth-order valence-corrected chi connectivity index (χ4v) is 3.39. The number of amides is 1. The molecule has 150 valence electrons. The number of rotatable bonds is 7. The van der Waals surface area contributed by atoms with Crippen molar-refractivity contribution in [1.82, 2.24) is 19.9 Å². The van der Waals surface area contributed by atoms with Crippen molar-refractivity contribution < 1.29 is 9.53 Å². The van der Waals surface area contributed by atoms with Crippen molar-refractivity contribution in [3.05, 3.63) is 84.8 Å². The Labute approximate surface area is 174 Å². The zero-order chi connectivity index (χ0) is 20.8. The number of hydrogen-bond donors (Lipinski definition) is 1. The molecule has 4 aromatic rings. The molecule has 30 heavy (non-hydrogen) atoms. The Bertz CT molecular complexity index is 1180. The van der Waals surface area contributed by atoms with E-state index in [0.717, 1.165) is 27.8 Å². The highest BCUT2D eigenvalue weighted by molar-refractivity contribution is 5.92. The molecule has 0 aliphatic rings. The van der Waals surface area contributed by atoms with Crippen LogP contribution in [0, 0.1) is 0 Å². The number of nitrogens with one attached hydrogen (secondary N) is 1. The highest BCUT2D eigenvalue weighted by atomic mass is 16.5. The largest absolute Gasteiger partial charge is 0.496 e. The van der Waals surface area contributed by atoms with Gasteiger partial charge in [0.15, 0.2) is 5.82 Å². The Balaban J connectivity index is 1.39. The van der Waals surface area contributed by atoms with E-state index >= 15 is 0 Å². The number of benzene rings is 2. The van der Waals surface area contributed by atoms with Gasteiger partial charge >= 0.3 is 0 Å². The fraction of sp³-hybridized carbons (Fsp3) is 0.125. The molecule has 0 fully saturated rings. The van der Waals surface area contributed by atoms with Crippen molar-refractivity contribution in [2.75, 3.05) is 13.7 Å². The first-order valence-corrected chi connectivity index (χ1v) is 9.71. The summed E-state index contributed by atoms with van der Waals surface area (Å²) in [5, 5.41) is 3.94. The minimum Gasteiger partial charge on any atom is -0.496 e. The predicted molar refractivity (Wildman–Crippen MR) is 118 cm³/mol. The minimum absolute atomic E-state index is 0.145. The molecule has 6 nitrogen and oxygen atoms in total. The molecule has 0 aliphatic carbocycles. The molecule has 0 atom stereocenters. The number of carbonyl (C=O) groups excluding carboxylic acids is 1. The first-order valence-electron chi connectivity index (χ1n) is 9.71. The predicted octanol–water partition coefficient (Wildman–Crippen LogP) is 3.94. The first-order chi connectivity index (χ1) is 14.8. The van der Waals surface area contributed by atoms with Gasteiger partial charge in [-0.05, 0) is 36.2 Å². The van der Waals surface area contributed by atoms with Crippen molar-refractivity contribution in [2.45, 2.75) is 6.42 Å². The standard InChI is InChI=1S/C24H22N4O2/c1-30-22-9-4-8-21-20(22)11-16-28(21)17-12-23(29)25-15-10-18-6-2-3-7-19(18)24-26-13-5-14-27-24/h2-9,11-14,16-17H,10,15H2,1H3,(H,25,29)/b17-12+. The monoisotopic (exact) mass is 398 g/mol. The van der Waals surface area contributed by atoms with Crippen LogP contribution in [0.3, 0.4) is 0 Å². The molecule has 1 amide bonds. The maximum Gasteiger partial charge on any atom is 0.245 e. The number of fused-ring (bicyclic) bond motifs is 1. The van der Waals surface area contributed by atoms with E-state index in [1.165, 1.54) is 6.08 Å². The van der Waals surface area contributed by atoms with E-state index in [1.807, 2.05) is 59.3 Å². The third kappa shape index (κ3) is 4.22. The van der Waals surface area contributed by atoms with Gasteiger partial charge in [0.2, 0.25) is 5.91 Å². The molecule has 0 spiro atoms. The number of carbonyl (C=O) groups is 1. The van der Waals surface area contributed by atoms with Gasteiger partial charge in [0.1, 0.15) is 5.75 Å². The number of nitrogens with zero attached hydrogens (tertiary/aromatic N) is 3. The molecule has 0 aliphatic heterocycles. The molecule has 2 heterocycles. The second kappa shape index (κ2) is 9.05. The van der Waals surface area contributed by atoms with Crippen LogP contribution in [0.1, 0.15) is 5.56 Å². The highest BCUT2D eigenvalue weighted by Gasteiger charge is 2.07. The van der Waals surface area contributed by atoms with Gasteiger partial charge in [0.05, 0.1) is 12.6 Å².